The molecule has 1 aliphatic carbocycles. The summed E-state index contributed by atoms with van der Waals surface area (Å²) in [6.45, 7) is 5.45. The fourth-order valence-electron chi connectivity index (χ4n) is 4.69. The van der Waals surface area contributed by atoms with E-state index in [9.17, 15) is 14.9 Å². The lowest BCUT2D eigenvalue weighted by Crippen LogP contribution is -2.52. The van der Waals surface area contributed by atoms with Gasteiger partial charge in [-0.25, -0.2) is 4.79 Å². The summed E-state index contributed by atoms with van der Waals surface area (Å²) >= 11 is 1.58. The first-order chi connectivity index (χ1) is 16.0. The lowest BCUT2D eigenvalue weighted by Gasteiger charge is -2.41. The SMILES string of the molecule is COC(=O)c1ccc(N2CCN(CCC(=O)Nc3sc4c(c3C#N)CCCC4)C(C)C2)cc1. The first-order valence-electron chi connectivity index (χ1n) is 11.5. The summed E-state index contributed by atoms with van der Waals surface area (Å²) in [6.07, 6.45) is 4.64. The van der Waals surface area contributed by atoms with Crippen molar-refractivity contribution in [1.82, 2.24) is 4.90 Å². The zero-order valence-electron chi connectivity index (χ0n) is 19.2. The zero-order chi connectivity index (χ0) is 23.4. The smallest absolute Gasteiger partial charge is 0.337 e. The van der Waals surface area contributed by atoms with Crippen LogP contribution in [0.15, 0.2) is 24.3 Å². The number of amides is 1. The summed E-state index contributed by atoms with van der Waals surface area (Å²) in [6, 6.07) is 10.1. The van der Waals surface area contributed by atoms with Crippen LogP contribution in [0.2, 0.25) is 0 Å². The molecule has 0 radical (unpaired) electrons. The first-order valence-corrected chi connectivity index (χ1v) is 12.3. The highest BCUT2D eigenvalue weighted by atomic mass is 32.1. The van der Waals surface area contributed by atoms with Gasteiger partial charge in [-0.3, -0.25) is 9.69 Å². The van der Waals surface area contributed by atoms with Crippen LogP contribution in [0.5, 0.6) is 0 Å². The molecule has 2 aromatic rings. The number of ether oxygens (including phenoxy) is 1. The van der Waals surface area contributed by atoms with Crippen molar-refractivity contribution in [2.75, 3.05) is 43.5 Å². The van der Waals surface area contributed by atoms with Gasteiger partial charge in [-0.2, -0.15) is 5.26 Å². The van der Waals surface area contributed by atoms with Gasteiger partial charge in [0.05, 0.1) is 18.2 Å². The van der Waals surface area contributed by atoms with E-state index in [0.717, 1.165) is 61.6 Å². The number of hydrogen-bond donors (Lipinski definition) is 1. The molecule has 174 valence electrons. The Balaban J connectivity index is 1.29. The van der Waals surface area contributed by atoms with Crippen LogP contribution in [0, 0.1) is 11.3 Å². The lowest BCUT2D eigenvalue weighted by atomic mass is 9.96. The van der Waals surface area contributed by atoms with E-state index in [1.54, 1.807) is 23.5 Å². The molecule has 7 nitrogen and oxygen atoms in total. The number of fused-ring (bicyclic) bond motifs is 1. The maximum absolute atomic E-state index is 12.7. The van der Waals surface area contributed by atoms with Crippen LogP contribution in [0.25, 0.3) is 0 Å². The van der Waals surface area contributed by atoms with E-state index in [-0.39, 0.29) is 11.9 Å². The third-order valence-electron chi connectivity index (χ3n) is 6.58. The van der Waals surface area contributed by atoms with Gasteiger partial charge in [-0.05, 0) is 62.4 Å². The molecular weight excluding hydrogens is 436 g/mol. The monoisotopic (exact) mass is 466 g/mol. The average molecular weight is 467 g/mol. The Labute approximate surface area is 198 Å². The quantitative estimate of drug-likeness (QED) is 0.652. The number of thiophene rings is 1. The summed E-state index contributed by atoms with van der Waals surface area (Å²) < 4.78 is 4.76. The molecule has 1 saturated heterocycles. The summed E-state index contributed by atoms with van der Waals surface area (Å²) in [4.78, 5) is 30.2. The molecule has 1 amide bonds. The maximum atomic E-state index is 12.7. The summed E-state index contributed by atoms with van der Waals surface area (Å²) in [5, 5.41) is 13.3. The van der Waals surface area contributed by atoms with Crippen LogP contribution in [0.3, 0.4) is 0 Å². The molecule has 2 aliphatic rings. The van der Waals surface area contributed by atoms with Crippen molar-refractivity contribution >= 4 is 33.9 Å². The van der Waals surface area contributed by atoms with E-state index in [1.807, 2.05) is 12.1 Å². The Morgan fingerprint density at radius 2 is 1.97 bits per heavy atom. The Hall–Kier alpha value is -2.89. The van der Waals surface area contributed by atoms with Crippen molar-refractivity contribution in [1.29, 1.82) is 5.26 Å². The number of benzene rings is 1. The van der Waals surface area contributed by atoms with Crippen molar-refractivity contribution in [2.45, 2.75) is 45.1 Å². The summed E-state index contributed by atoms with van der Waals surface area (Å²) in [5.41, 5.74) is 3.44. The number of rotatable bonds is 6. The number of nitrogens with zero attached hydrogens (tertiary/aromatic N) is 3. The van der Waals surface area contributed by atoms with E-state index in [2.05, 4.69) is 28.1 Å². The topological polar surface area (TPSA) is 85.7 Å². The number of hydrogen-bond acceptors (Lipinski definition) is 7. The van der Waals surface area contributed by atoms with Gasteiger partial charge in [0.25, 0.3) is 0 Å². The number of piperazine rings is 1. The molecule has 0 saturated carbocycles. The number of anilines is 2. The molecule has 8 heteroatoms. The highest BCUT2D eigenvalue weighted by Gasteiger charge is 2.25. The Kier molecular flexibility index (Phi) is 7.31. The predicted octanol–water partition coefficient (Wildman–Crippen LogP) is 3.82. The van der Waals surface area contributed by atoms with E-state index < -0.39 is 0 Å². The van der Waals surface area contributed by atoms with Crippen LogP contribution in [0.1, 0.15) is 52.5 Å². The fraction of sp³-hybridized carbons (Fsp3) is 0.480. The van der Waals surface area contributed by atoms with Gasteiger partial charge in [0.2, 0.25) is 5.91 Å². The van der Waals surface area contributed by atoms with Gasteiger partial charge in [-0.1, -0.05) is 0 Å². The normalized spacial score (nSPS) is 18.3. The molecule has 1 fully saturated rings. The van der Waals surface area contributed by atoms with Crippen LogP contribution in [-0.2, 0) is 22.4 Å². The number of nitriles is 1. The molecule has 33 heavy (non-hydrogen) atoms. The molecule has 1 aliphatic heterocycles. The van der Waals surface area contributed by atoms with Crippen LogP contribution in [-0.4, -0.2) is 56.1 Å². The Morgan fingerprint density at radius 3 is 2.67 bits per heavy atom. The molecule has 1 atom stereocenters. The second kappa shape index (κ2) is 10.4. The number of esters is 1. The largest absolute Gasteiger partial charge is 0.465 e. The van der Waals surface area contributed by atoms with Gasteiger partial charge < -0.3 is 15.0 Å². The van der Waals surface area contributed by atoms with Crippen LogP contribution < -0.4 is 10.2 Å². The number of nitrogens with one attached hydrogen (secondary N) is 1. The van der Waals surface area contributed by atoms with Crippen LogP contribution in [0.4, 0.5) is 10.7 Å². The number of carbonyl (C=O) groups excluding carboxylic acids is 2. The maximum Gasteiger partial charge on any atom is 0.337 e. The van der Waals surface area contributed by atoms with Gasteiger partial charge in [0.15, 0.2) is 0 Å². The molecular formula is C25H30N4O3S. The third kappa shape index (κ3) is 5.21. The minimum absolute atomic E-state index is 0.0295. The molecule has 1 unspecified atom stereocenters. The second-order valence-electron chi connectivity index (χ2n) is 8.69. The van der Waals surface area contributed by atoms with E-state index >= 15 is 0 Å². The molecule has 1 aromatic carbocycles. The summed E-state index contributed by atoms with van der Waals surface area (Å²) in [7, 11) is 1.38. The minimum Gasteiger partial charge on any atom is -0.465 e. The standard InChI is InChI=1S/C25H30N4O3S/c1-17-16-29(19-9-7-18(8-10-19)25(31)32-2)14-13-28(17)12-11-23(30)27-24-21(15-26)20-5-3-4-6-22(20)33-24/h7-10,17H,3-6,11-14,16H2,1-2H3,(H,27,30). The molecule has 0 bridgehead atoms. The summed E-state index contributed by atoms with van der Waals surface area (Å²) in [5.74, 6) is -0.360. The second-order valence-corrected chi connectivity index (χ2v) is 9.80. The zero-order valence-corrected chi connectivity index (χ0v) is 20.0. The van der Waals surface area contributed by atoms with E-state index in [4.69, 9.17) is 4.74 Å². The average Bonchev–Trinajstić information content (AvgIpc) is 3.19. The van der Waals surface area contributed by atoms with Crippen molar-refractivity contribution in [3.63, 3.8) is 0 Å². The first kappa shape index (κ1) is 23.3. The molecule has 4 rings (SSSR count). The van der Waals surface area contributed by atoms with E-state index in [1.165, 1.54) is 12.0 Å². The lowest BCUT2D eigenvalue weighted by molar-refractivity contribution is -0.116. The van der Waals surface area contributed by atoms with Crippen molar-refractivity contribution in [2.24, 2.45) is 0 Å². The Morgan fingerprint density at radius 1 is 1.21 bits per heavy atom. The van der Waals surface area contributed by atoms with Crippen molar-refractivity contribution < 1.29 is 14.3 Å². The van der Waals surface area contributed by atoms with Crippen molar-refractivity contribution in [3.8, 4) is 6.07 Å². The van der Waals surface area contributed by atoms with Gasteiger partial charge in [-0.15, -0.1) is 11.3 Å². The molecule has 2 heterocycles. The number of aryl methyl sites for hydroxylation is 1. The molecule has 0 spiro atoms. The van der Waals surface area contributed by atoms with Gasteiger partial charge in [0.1, 0.15) is 11.1 Å². The van der Waals surface area contributed by atoms with Crippen LogP contribution >= 0.6 is 11.3 Å². The number of methoxy groups -OCH3 is 1. The van der Waals surface area contributed by atoms with Gasteiger partial charge >= 0.3 is 5.97 Å². The fourth-order valence-corrected chi connectivity index (χ4v) is 5.95. The molecule has 1 N–H and O–H groups in total. The Bertz CT molecular complexity index is 1060. The predicted molar refractivity (Wildman–Crippen MR) is 130 cm³/mol. The van der Waals surface area contributed by atoms with Crippen molar-refractivity contribution in [3.05, 3.63) is 45.8 Å². The third-order valence-corrected chi connectivity index (χ3v) is 7.79. The molecule has 1 aromatic heterocycles. The van der Waals surface area contributed by atoms with E-state index in [0.29, 0.717) is 30.1 Å². The highest BCUT2D eigenvalue weighted by Crippen LogP contribution is 2.37. The van der Waals surface area contributed by atoms with Gasteiger partial charge in [0, 0.05) is 49.2 Å². The minimum atomic E-state index is -0.331. The highest BCUT2D eigenvalue weighted by molar-refractivity contribution is 7.16. The number of carbonyl (C=O) groups is 2.